The maximum Gasteiger partial charge on any atom is 0.373 e. The standard InChI is InChI=1S/C26H18ClN3O9/c1-37-25(33)22-9-7-19(38-22)14-29-24(32)20(28-26(29)34)13-16-12-17(27)6-8-21(16)39-23(31)10-5-15-3-2-4-18(11-15)30(35)36/h2-13H,14H2,1H3,(H,28,34)/b10-5+,20-13-. The van der Waals surface area contributed by atoms with Crippen LogP contribution in [0.15, 0.2) is 70.8 Å². The van der Waals surface area contributed by atoms with Crippen molar-refractivity contribution in [2.75, 3.05) is 7.11 Å². The Hall–Kier alpha value is -5.23. The first-order chi connectivity index (χ1) is 18.6. The smallest absolute Gasteiger partial charge is 0.373 e. The highest BCUT2D eigenvalue weighted by Gasteiger charge is 2.34. The fourth-order valence-corrected chi connectivity index (χ4v) is 3.65. The van der Waals surface area contributed by atoms with Crippen LogP contribution in [-0.2, 0) is 20.9 Å². The van der Waals surface area contributed by atoms with Crippen molar-refractivity contribution in [2.45, 2.75) is 6.54 Å². The van der Waals surface area contributed by atoms with Crippen LogP contribution in [0.1, 0.15) is 27.4 Å². The Labute approximate surface area is 225 Å². The predicted molar refractivity (Wildman–Crippen MR) is 136 cm³/mol. The number of imide groups is 1. The van der Waals surface area contributed by atoms with Gasteiger partial charge in [-0.15, -0.1) is 0 Å². The zero-order valence-corrected chi connectivity index (χ0v) is 20.8. The number of nitro groups is 1. The number of carbonyl (C=O) groups excluding carboxylic acids is 4. The maximum absolute atomic E-state index is 12.9. The van der Waals surface area contributed by atoms with E-state index >= 15 is 0 Å². The molecule has 1 N–H and O–H groups in total. The maximum atomic E-state index is 12.9. The van der Waals surface area contributed by atoms with Gasteiger partial charge >= 0.3 is 18.0 Å². The number of methoxy groups -OCH3 is 1. The molecule has 0 spiro atoms. The van der Waals surface area contributed by atoms with Crippen molar-refractivity contribution in [1.29, 1.82) is 0 Å². The first-order valence-corrected chi connectivity index (χ1v) is 11.5. The molecule has 0 bridgehead atoms. The van der Waals surface area contributed by atoms with Crippen LogP contribution in [0.3, 0.4) is 0 Å². The summed E-state index contributed by atoms with van der Waals surface area (Å²) in [5.74, 6) is -2.07. The Kier molecular flexibility index (Phi) is 7.87. The summed E-state index contributed by atoms with van der Waals surface area (Å²) in [6, 6.07) is 12.0. The molecule has 13 heteroatoms. The molecule has 1 saturated heterocycles. The number of urea groups is 1. The lowest BCUT2D eigenvalue weighted by Crippen LogP contribution is -2.30. The van der Waals surface area contributed by atoms with Gasteiger partial charge in [0.05, 0.1) is 18.6 Å². The molecule has 1 fully saturated rings. The Morgan fingerprint density at radius 1 is 1.15 bits per heavy atom. The molecule has 2 heterocycles. The molecule has 1 aliphatic heterocycles. The fourth-order valence-electron chi connectivity index (χ4n) is 3.47. The van der Waals surface area contributed by atoms with Crippen LogP contribution in [0.2, 0.25) is 5.02 Å². The summed E-state index contributed by atoms with van der Waals surface area (Å²) in [6.45, 7) is -0.251. The fraction of sp³-hybridized carbons (Fsp3) is 0.0769. The highest BCUT2D eigenvalue weighted by molar-refractivity contribution is 6.30. The molecule has 4 rings (SSSR count). The number of hydrogen-bond donors (Lipinski definition) is 1. The third kappa shape index (κ3) is 6.37. The number of furan rings is 1. The third-order valence-electron chi connectivity index (χ3n) is 5.30. The number of nitrogens with one attached hydrogen (secondary N) is 1. The minimum Gasteiger partial charge on any atom is -0.463 e. The summed E-state index contributed by atoms with van der Waals surface area (Å²) >= 11 is 6.09. The van der Waals surface area contributed by atoms with Gasteiger partial charge in [0, 0.05) is 28.8 Å². The van der Waals surface area contributed by atoms with E-state index in [2.05, 4.69) is 10.1 Å². The van der Waals surface area contributed by atoms with E-state index in [1.54, 1.807) is 6.07 Å². The first-order valence-electron chi connectivity index (χ1n) is 11.1. The minimum atomic E-state index is -0.800. The number of benzene rings is 2. The van der Waals surface area contributed by atoms with Crippen molar-refractivity contribution in [3.05, 3.63) is 104 Å². The van der Waals surface area contributed by atoms with Crippen LogP contribution in [0.5, 0.6) is 5.75 Å². The van der Waals surface area contributed by atoms with Crippen molar-refractivity contribution in [2.24, 2.45) is 0 Å². The van der Waals surface area contributed by atoms with Crippen molar-refractivity contribution >= 4 is 53.3 Å². The minimum absolute atomic E-state index is 0.0369. The zero-order chi connectivity index (χ0) is 28.1. The number of amides is 3. The normalized spacial score (nSPS) is 14.1. The van der Waals surface area contributed by atoms with Gasteiger partial charge in [0.25, 0.3) is 11.6 Å². The molecule has 39 heavy (non-hydrogen) atoms. The van der Waals surface area contributed by atoms with E-state index < -0.39 is 28.8 Å². The number of rotatable bonds is 8. The van der Waals surface area contributed by atoms with Crippen LogP contribution in [0, 0.1) is 10.1 Å². The van der Waals surface area contributed by atoms with E-state index in [-0.39, 0.29) is 45.8 Å². The number of nitro benzene ring substituents is 1. The van der Waals surface area contributed by atoms with E-state index in [4.69, 9.17) is 20.8 Å². The van der Waals surface area contributed by atoms with Crippen LogP contribution in [0.25, 0.3) is 12.2 Å². The van der Waals surface area contributed by atoms with E-state index in [0.29, 0.717) is 5.56 Å². The highest BCUT2D eigenvalue weighted by Crippen LogP contribution is 2.27. The summed E-state index contributed by atoms with van der Waals surface area (Å²) in [6.07, 6.45) is 3.73. The lowest BCUT2D eigenvalue weighted by Gasteiger charge is -2.09. The number of halogens is 1. The van der Waals surface area contributed by atoms with Crippen molar-refractivity contribution in [1.82, 2.24) is 10.2 Å². The molecule has 12 nitrogen and oxygen atoms in total. The second-order valence-corrected chi connectivity index (χ2v) is 8.36. The largest absolute Gasteiger partial charge is 0.463 e. The molecule has 0 atom stereocenters. The van der Waals surface area contributed by atoms with Gasteiger partial charge in [-0.1, -0.05) is 23.7 Å². The molecule has 0 unspecified atom stereocenters. The zero-order valence-electron chi connectivity index (χ0n) is 20.1. The Morgan fingerprint density at radius 2 is 1.95 bits per heavy atom. The van der Waals surface area contributed by atoms with Gasteiger partial charge in [-0.2, -0.15) is 0 Å². The Balaban J connectivity index is 1.50. The van der Waals surface area contributed by atoms with Gasteiger partial charge < -0.3 is 19.2 Å². The molecule has 1 aromatic heterocycles. The number of hydrogen-bond acceptors (Lipinski definition) is 9. The summed E-state index contributed by atoms with van der Waals surface area (Å²) in [5, 5.41) is 13.6. The second-order valence-electron chi connectivity index (χ2n) is 7.93. The van der Waals surface area contributed by atoms with Gasteiger partial charge in [0.15, 0.2) is 0 Å². The number of carbonyl (C=O) groups is 4. The van der Waals surface area contributed by atoms with Gasteiger partial charge in [-0.05, 0) is 48.0 Å². The number of nitrogens with zero attached hydrogens (tertiary/aromatic N) is 2. The summed E-state index contributed by atoms with van der Waals surface area (Å²) in [4.78, 5) is 60.6. The molecule has 3 amide bonds. The van der Waals surface area contributed by atoms with E-state index in [1.807, 2.05) is 0 Å². The van der Waals surface area contributed by atoms with Gasteiger partial charge in [-0.25, -0.2) is 14.4 Å². The monoisotopic (exact) mass is 551 g/mol. The van der Waals surface area contributed by atoms with E-state index in [1.165, 1.54) is 67.8 Å². The predicted octanol–water partition coefficient (Wildman–Crippen LogP) is 4.34. The lowest BCUT2D eigenvalue weighted by atomic mass is 10.1. The second kappa shape index (κ2) is 11.4. The van der Waals surface area contributed by atoms with E-state index in [0.717, 1.165) is 11.0 Å². The average Bonchev–Trinajstić information content (AvgIpc) is 3.49. The molecule has 1 aliphatic rings. The summed E-state index contributed by atoms with van der Waals surface area (Å²) in [5.41, 5.74) is 0.377. The SMILES string of the molecule is COC(=O)c1ccc(CN2C(=O)N/C(=C\c3cc(Cl)ccc3OC(=O)/C=C/c3cccc([N+](=O)[O-])c3)C2=O)o1. The molecule has 2 aromatic carbocycles. The molecule has 0 saturated carbocycles. The van der Waals surface area contributed by atoms with Gasteiger partial charge in [0.2, 0.25) is 5.76 Å². The Bertz CT molecular complexity index is 1560. The Morgan fingerprint density at radius 3 is 2.69 bits per heavy atom. The van der Waals surface area contributed by atoms with E-state index in [9.17, 15) is 29.3 Å². The van der Waals surface area contributed by atoms with Gasteiger partial charge in [0.1, 0.15) is 17.2 Å². The molecule has 3 aromatic rings. The molecule has 0 aliphatic carbocycles. The molecule has 0 radical (unpaired) electrons. The average molecular weight is 552 g/mol. The van der Waals surface area contributed by atoms with Crippen molar-refractivity contribution in [3.63, 3.8) is 0 Å². The van der Waals surface area contributed by atoms with Crippen LogP contribution in [-0.4, -0.2) is 40.8 Å². The number of non-ortho nitro benzene ring substituents is 1. The third-order valence-corrected chi connectivity index (χ3v) is 5.53. The quantitative estimate of drug-likeness (QED) is 0.107. The number of esters is 2. The summed E-state index contributed by atoms with van der Waals surface area (Å²) in [7, 11) is 1.19. The van der Waals surface area contributed by atoms with Crippen LogP contribution in [0.4, 0.5) is 10.5 Å². The summed E-state index contributed by atoms with van der Waals surface area (Å²) < 4.78 is 15.3. The van der Waals surface area contributed by atoms with Crippen molar-refractivity contribution in [3.8, 4) is 5.75 Å². The molecule has 198 valence electrons. The van der Waals surface area contributed by atoms with Gasteiger partial charge in [-0.3, -0.25) is 19.8 Å². The molecular weight excluding hydrogens is 534 g/mol. The highest BCUT2D eigenvalue weighted by atomic mass is 35.5. The molecular formula is C26H18ClN3O9. The van der Waals surface area contributed by atoms with Crippen LogP contribution >= 0.6 is 11.6 Å². The lowest BCUT2D eigenvalue weighted by molar-refractivity contribution is -0.384. The van der Waals surface area contributed by atoms with Crippen molar-refractivity contribution < 1.29 is 38.0 Å². The topological polar surface area (TPSA) is 158 Å². The van der Waals surface area contributed by atoms with Crippen LogP contribution < -0.4 is 10.1 Å². The first kappa shape index (κ1) is 26.8. The number of ether oxygens (including phenoxy) is 2.